The number of aromatic hydroxyl groups is 1. The normalized spacial score (nSPS) is 9.71. The summed E-state index contributed by atoms with van der Waals surface area (Å²) >= 11 is 0. The van der Waals surface area contributed by atoms with Crippen LogP contribution in [0.15, 0.2) is 23.4 Å². The van der Waals surface area contributed by atoms with Gasteiger partial charge in [-0.3, -0.25) is 10.1 Å². The van der Waals surface area contributed by atoms with Gasteiger partial charge in [-0.05, 0) is 6.07 Å². The number of phenolic OH excluding ortho intramolecular Hbond substituents is 1. The number of hydrogen-bond donors (Lipinski definition) is 2. The summed E-state index contributed by atoms with van der Waals surface area (Å²) in [7, 11) is 0. The SMILES string of the molecule is O=[N+]([O-])c1ccc(O)c(C=NO)c1.[Ag]. The molecule has 0 fully saturated rings. The van der Waals surface area contributed by atoms with Crippen LogP contribution in [0.5, 0.6) is 5.75 Å². The summed E-state index contributed by atoms with van der Waals surface area (Å²) < 4.78 is 0. The number of benzene rings is 1. The predicted molar refractivity (Wildman–Crippen MR) is 44.1 cm³/mol. The van der Waals surface area contributed by atoms with Crippen LogP contribution in [0.4, 0.5) is 5.69 Å². The van der Waals surface area contributed by atoms with Gasteiger partial charge in [-0.25, -0.2) is 0 Å². The van der Waals surface area contributed by atoms with Crippen molar-refractivity contribution in [2.24, 2.45) is 5.16 Å². The minimum absolute atomic E-state index is 0. The quantitative estimate of drug-likeness (QED) is 0.280. The van der Waals surface area contributed by atoms with Crippen molar-refractivity contribution in [2.75, 3.05) is 0 Å². The summed E-state index contributed by atoms with van der Waals surface area (Å²) in [4.78, 5) is 9.68. The van der Waals surface area contributed by atoms with Crippen LogP contribution in [0, 0.1) is 10.1 Å². The van der Waals surface area contributed by atoms with Crippen LogP contribution in [-0.2, 0) is 22.4 Å². The van der Waals surface area contributed by atoms with E-state index >= 15 is 0 Å². The molecular formula is C7H6AgN2O4. The molecule has 1 rings (SSSR count). The van der Waals surface area contributed by atoms with Crippen molar-refractivity contribution in [3.05, 3.63) is 33.9 Å². The van der Waals surface area contributed by atoms with Crippen LogP contribution >= 0.6 is 0 Å². The average Bonchev–Trinajstić information content (AvgIpc) is 2.08. The Morgan fingerprint density at radius 1 is 1.50 bits per heavy atom. The van der Waals surface area contributed by atoms with Crippen LogP contribution in [0.25, 0.3) is 0 Å². The Morgan fingerprint density at radius 3 is 2.64 bits per heavy atom. The summed E-state index contributed by atoms with van der Waals surface area (Å²) in [5.41, 5.74) is -0.0793. The van der Waals surface area contributed by atoms with Gasteiger partial charge in [-0.1, -0.05) is 5.16 Å². The third kappa shape index (κ3) is 2.84. The number of nitro groups is 1. The molecule has 0 spiro atoms. The van der Waals surface area contributed by atoms with Crippen LogP contribution in [0.2, 0.25) is 0 Å². The van der Waals surface area contributed by atoms with E-state index < -0.39 is 4.92 Å². The molecule has 7 heteroatoms. The smallest absolute Gasteiger partial charge is 0.270 e. The molecule has 1 aromatic rings. The standard InChI is InChI=1S/C7H6N2O4.Ag/c10-7-2-1-6(9(12)13)3-5(7)4-8-11;/h1-4,10-11H;. The molecule has 0 saturated heterocycles. The summed E-state index contributed by atoms with van der Waals surface area (Å²) in [5.74, 6) is -0.177. The molecule has 79 valence electrons. The van der Waals surface area contributed by atoms with E-state index in [-0.39, 0.29) is 39.4 Å². The zero-order valence-electron chi connectivity index (χ0n) is 6.72. The summed E-state index contributed by atoms with van der Waals surface area (Å²) in [6, 6.07) is 3.42. The molecule has 0 aliphatic rings. The van der Waals surface area contributed by atoms with E-state index in [0.717, 1.165) is 24.4 Å². The summed E-state index contributed by atoms with van der Waals surface area (Å²) in [6.45, 7) is 0. The van der Waals surface area contributed by atoms with Gasteiger partial charge in [0.15, 0.2) is 0 Å². The number of oxime groups is 1. The van der Waals surface area contributed by atoms with Gasteiger partial charge in [0, 0.05) is 40.1 Å². The maximum Gasteiger partial charge on any atom is 0.270 e. The van der Waals surface area contributed by atoms with Gasteiger partial charge in [-0.2, -0.15) is 0 Å². The van der Waals surface area contributed by atoms with Gasteiger partial charge in [-0.15, -0.1) is 0 Å². The van der Waals surface area contributed by atoms with Crippen molar-refractivity contribution in [2.45, 2.75) is 0 Å². The van der Waals surface area contributed by atoms with Gasteiger partial charge >= 0.3 is 0 Å². The Labute approximate surface area is 94.5 Å². The fourth-order valence-electron chi connectivity index (χ4n) is 0.821. The summed E-state index contributed by atoms with van der Waals surface area (Å²) in [6.07, 6.45) is 0.919. The third-order valence-corrected chi connectivity index (χ3v) is 1.42. The third-order valence-electron chi connectivity index (χ3n) is 1.42. The topological polar surface area (TPSA) is 96.0 Å². The molecule has 0 aliphatic carbocycles. The number of hydrogen-bond acceptors (Lipinski definition) is 5. The van der Waals surface area contributed by atoms with Crippen LogP contribution in [0.1, 0.15) is 5.56 Å². The van der Waals surface area contributed by atoms with Crippen molar-refractivity contribution in [1.82, 2.24) is 0 Å². The predicted octanol–water partition coefficient (Wildman–Crippen LogP) is 1.11. The van der Waals surface area contributed by atoms with E-state index in [2.05, 4.69) is 5.16 Å². The molecule has 0 atom stereocenters. The number of rotatable bonds is 2. The van der Waals surface area contributed by atoms with E-state index in [1.54, 1.807) is 0 Å². The number of non-ortho nitro benzene ring substituents is 1. The van der Waals surface area contributed by atoms with Crippen molar-refractivity contribution >= 4 is 11.9 Å². The van der Waals surface area contributed by atoms with E-state index in [9.17, 15) is 10.1 Å². The molecule has 0 amide bonds. The molecular weight excluding hydrogens is 284 g/mol. The number of phenols is 1. The Bertz CT molecular complexity index is 367. The van der Waals surface area contributed by atoms with Crippen LogP contribution in [0.3, 0.4) is 0 Å². The molecule has 0 heterocycles. The van der Waals surface area contributed by atoms with Crippen molar-refractivity contribution in [3.8, 4) is 5.75 Å². The molecule has 6 nitrogen and oxygen atoms in total. The van der Waals surface area contributed by atoms with Crippen molar-refractivity contribution in [1.29, 1.82) is 0 Å². The molecule has 0 unspecified atom stereocenters. The minimum Gasteiger partial charge on any atom is -0.507 e. The minimum atomic E-state index is -0.603. The van der Waals surface area contributed by atoms with Crippen molar-refractivity contribution in [3.63, 3.8) is 0 Å². The molecule has 0 aromatic heterocycles. The molecule has 1 aromatic carbocycles. The second kappa shape index (κ2) is 5.38. The largest absolute Gasteiger partial charge is 0.507 e. The molecule has 0 aliphatic heterocycles. The molecule has 0 saturated carbocycles. The van der Waals surface area contributed by atoms with Crippen LogP contribution in [-0.4, -0.2) is 21.5 Å². The monoisotopic (exact) mass is 289 g/mol. The second-order valence-corrected chi connectivity index (χ2v) is 2.24. The summed E-state index contributed by atoms with van der Waals surface area (Å²) in [5, 5.41) is 30.2. The Balaban J connectivity index is 0.00000169. The number of nitrogens with zero attached hydrogens (tertiary/aromatic N) is 2. The maximum absolute atomic E-state index is 10.3. The van der Waals surface area contributed by atoms with Crippen LogP contribution < -0.4 is 0 Å². The Hall–Kier alpha value is -1.37. The van der Waals surface area contributed by atoms with Crippen molar-refractivity contribution < 1.29 is 37.6 Å². The Morgan fingerprint density at radius 2 is 2.14 bits per heavy atom. The average molecular weight is 290 g/mol. The molecule has 0 bridgehead atoms. The fraction of sp³-hybridized carbons (Fsp3) is 0. The van der Waals surface area contributed by atoms with Gasteiger partial charge in [0.25, 0.3) is 5.69 Å². The second-order valence-electron chi connectivity index (χ2n) is 2.24. The zero-order valence-corrected chi connectivity index (χ0v) is 8.20. The first-order valence-electron chi connectivity index (χ1n) is 3.30. The molecule has 14 heavy (non-hydrogen) atoms. The van der Waals surface area contributed by atoms with Gasteiger partial charge in [0.2, 0.25) is 0 Å². The van der Waals surface area contributed by atoms with E-state index in [1.807, 2.05) is 0 Å². The van der Waals surface area contributed by atoms with E-state index in [4.69, 9.17) is 10.3 Å². The molecule has 1 radical (unpaired) electrons. The Kier molecular flexibility index (Phi) is 4.85. The van der Waals surface area contributed by atoms with Gasteiger partial charge in [0.05, 0.1) is 11.1 Å². The maximum atomic E-state index is 10.3. The van der Waals surface area contributed by atoms with E-state index in [1.165, 1.54) is 0 Å². The zero-order chi connectivity index (χ0) is 9.84. The van der Waals surface area contributed by atoms with Gasteiger partial charge in [0.1, 0.15) is 5.75 Å². The first-order valence-corrected chi connectivity index (χ1v) is 3.30. The van der Waals surface area contributed by atoms with E-state index in [0.29, 0.717) is 0 Å². The number of nitro benzene ring substituents is 1. The molecule has 2 N–H and O–H groups in total. The van der Waals surface area contributed by atoms with Gasteiger partial charge < -0.3 is 10.3 Å². The fourth-order valence-corrected chi connectivity index (χ4v) is 0.821. The first-order chi connectivity index (χ1) is 6.15. The first kappa shape index (κ1) is 12.6.